The Hall–Kier alpha value is -1.09. The van der Waals surface area contributed by atoms with Crippen molar-refractivity contribution in [2.24, 2.45) is 0 Å². The SMILES string of the molecule is CCC(CCCl)NC(=O)Cc1ccccc1F. The van der Waals surface area contributed by atoms with Gasteiger partial charge in [0, 0.05) is 11.9 Å². The first-order chi connectivity index (χ1) is 8.17. The Kier molecular flexibility index (Phi) is 5.98. The maximum atomic E-state index is 13.3. The van der Waals surface area contributed by atoms with Crippen LogP contribution in [-0.2, 0) is 11.2 Å². The summed E-state index contributed by atoms with van der Waals surface area (Å²) in [6, 6.07) is 6.39. The number of hydrogen-bond acceptors (Lipinski definition) is 1. The molecule has 0 fully saturated rings. The fraction of sp³-hybridized carbons (Fsp3) is 0.462. The summed E-state index contributed by atoms with van der Waals surface area (Å²) in [5.41, 5.74) is 0.422. The van der Waals surface area contributed by atoms with Gasteiger partial charge in [0.2, 0.25) is 5.91 Å². The van der Waals surface area contributed by atoms with Crippen LogP contribution in [0, 0.1) is 5.82 Å². The molecule has 0 aliphatic carbocycles. The van der Waals surface area contributed by atoms with Crippen LogP contribution >= 0.6 is 11.6 Å². The van der Waals surface area contributed by atoms with Gasteiger partial charge in [-0.1, -0.05) is 25.1 Å². The van der Waals surface area contributed by atoms with Crippen LogP contribution in [0.3, 0.4) is 0 Å². The Morgan fingerprint density at radius 3 is 2.76 bits per heavy atom. The molecule has 2 nitrogen and oxygen atoms in total. The third-order valence-electron chi connectivity index (χ3n) is 2.62. The molecule has 17 heavy (non-hydrogen) atoms. The van der Waals surface area contributed by atoms with Crippen molar-refractivity contribution >= 4 is 17.5 Å². The Morgan fingerprint density at radius 2 is 2.18 bits per heavy atom. The summed E-state index contributed by atoms with van der Waals surface area (Å²) >= 11 is 5.63. The quantitative estimate of drug-likeness (QED) is 0.780. The van der Waals surface area contributed by atoms with Crippen LogP contribution in [0.25, 0.3) is 0 Å². The van der Waals surface area contributed by atoms with Gasteiger partial charge in [-0.15, -0.1) is 11.6 Å². The summed E-state index contributed by atoms with van der Waals surface area (Å²) in [7, 11) is 0. The molecule has 4 heteroatoms. The molecule has 0 heterocycles. The molecule has 0 saturated carbocycles. The number of hydrogen-bond donors (Lipinski definition) is 1. The molecule has 1 rings (SSSR count). The van der Waals surface area contributed by atoms with Gasteiger partial charge in [0.25, 0.3) is 0 Å². The predicted octanol–water partition coefficient (Wildman–Crippen LogP) is 2.89. The van der Waals surface area contributed by atoms with Crippen molar-refractivity contribution in [2.45, 2.75) is 32.2 Å². The van der Waals surface area contributed by atoms with Crippen molar-refractivity contribution in [1.82, 2.24) is 5.32 Å². The van der Waals surface area contributed by atoms with Gasteiger partial charge in [-0.05, 0) is 24.5 Å². The molecule has 94 valence electrons. The summed E-state index contributed by atoms with van der Waals surface area (Å²) in [5, 5.41) is 2.85. The first kappa shape index (κ1) is 14.0. The van der Waals surface area contributed by atoms with Gasteiger partial charge >= 0.3 is 0 Å². The number of amides is 1. The Morgan fingerprint density at radius 1 is 1.47 bits per heavy atom. The average Bonchev–Trinajstić information content (AvgIpc) is 2.31. The second kappa shape index (κ2) is 7.28. The molecular formula is C13H17ClFNO. The van der Waals surface area contributed by atoms with Gasteiger partial charge in [0.1, 0.15) is 5.82 Å². The second-order valence-corrected chi connectivity index (χ2v) is 4.30. The Balaban J connectivity index is 2.52. The lowest BCUT2D eigenvalue weighted by Crippen LogP contribution is -2.35. The zero-order valence-electron chi connectivity index (χ0n) is 9.88. The summed E-state index contributed by atoms with van der Waals surface area (Å²) in [5.74, 6) is 0.0125. The molecule has 0 aliphatic rings. The molecule has 1 N–H and O–H groups in total. The third kappa shape index (κ3) is 4.73. The van der Waals surface area contributed by atoms with E-state index in [-0.39, 0.29) is 24.2 Å². The molecule has 0 saturated heterocycles. The molecule has 0 aliphatic heterocycles. The Bertz CT molecular complexity index is 370. The van der Waals surface area contributed by atoms with Crippen LogP contribution in [0.1, 0.15) is 25.3 Å². The Labute approximate surface area is 106 Å². The van der Waals surface area contributed by atoms with E-state index < -0.39 is 0 Å². The number of alkyl halides is 1. The first-order valence-electron chi connectivity index (χ1n) is 5.76. The summed E-state index contributed by atoms with van der Waals surface area (Å²) < 4.78 is 13.3. The third-order valence-corrected chi connectivity index (χ3v) is 2.84. The minimum atomic E-state index is -0.340. The minimum absolute atomic E-state index is 0.0749. The molecule has 1 aromatic carbocycles. The van der Waals surface area contributed by atoms with Gasteiger partial charge < -0.3 is 5.32 Å². The van der Waals surface area contributed by atoms with Crippen molar-refractivity contribution in [3.05, 3.63) is 35.6 Å². The van der Waals surface area contributed by atoms with E-state index in [2.05, 4.69) is 5.32 Å². The molecule has 0 spiro atoms. The van der Waals surface area contributed by atoms with Gasteiger partial charge in [0.05, 0.1) is 6.42 Å². The highest BCUT2D eigenvalue weighted by Crippen LogP contribution is 2.07. The zero-order chi connectivity index (χ0) is 12.7. The van der Waals surface area contributed by atoms with E-state index in [1.54, 1.807) is 18.2 Å². The molecule has 0 radical (unpaired) electrons. The summed E-state index contributed by atoms with van der Waals surface area (Å²) in [6.07, 6.45) is 1.64. The van der Waals surface area contributed by atoms with Crippen molar-refractivity contribution in [2.75, 3.05) is 5.88 Å². The van der Waals surface area contributed by atoms with Crippen LogP contribution in [0.4, 0.5) is 4.39 Å². The van der Waals surface area contributed by atoms with Gasteiger partial charge in [-0.2, -0.15) is 0 Å². The maximum absolute atomic E-state index is 13.3. The van der Waals surface area contributed by atoms with Gasteiger partial charge in [0.15, 0.2) is 0 Å². The van der Waals surface area contributed by atoms with E-state index in [9.17, 15) is 9.18 Å². The van der Waals surface area contributed by atoms with Crippen molar-refractivity contribution in [3.63, 3.8) is 0 Å². The molecule has 1 unspecified atom stereocenters. The van der Waals surface area contributed by atoms with E-state index in [1.807, 2.05) is 6.92 Å². The maximum Gasteiger partial charge on any atom is 0.224 e. The largest absolute Gasteiger partial charge is 0.353 e. The van der Waals surface area contributed by atoms with Gasteiger partial charge in [-0.3, -0.25) is 4.79 Å². The first-order valence-corrected chi connectivity index (χ1v) is 6.29. The molecule has 0 bridgehead atoms. The average molecular weight is 258 g/mol. The standard InChI is InChI=1S/C13H17ClFNO/c1-2-11(7-8-14)16-13(17)9-10-5-3-4-6-12(10)15/h3-6,11H,2,7-9H2,1H3,(H,16,17). The smallest absolute Gasteiger partial charge is 0.224 e. The normalized spacial score (nSPS) is 12.2. The van der Waals surface area contributed by atoms with Crippen molar-refractivity contribution in [1.29, 1.82) is 0 Å². The lowest BCUT2D eigenvalue weighted by Gasteiger charge is -2.15. The lowest BCUT2D eigenvalue weighted by atomic mass is 10.1. The van der Waals surface area contributed by atoms with Gasteiger partial charge in [-0.25, -0.2) is 4.39 Å². The van der Waals surface area contributed by atoms with E-state index >= 15 is 0 Å². The van der Waals surface area contributed by atoms with Crippen LogP contribution in [-0.4, -0.2) is 17.8 Å². The van der Waals surface area contributed by atoms with Crippen LogP contribution in [0.2, 0.25) is 0 Å². The van der Waals surface area contributed by atoms with Crippen molar-refractivity contribution < 1.29 is 9.18 Å². The van der Waals surface area contributed by atoms with Crippen LogP contribution < -0.4 is 5.32 Å². The van der Waals surface area contributed by atoms with Crippen molar-refractivity contribution in [3.8, 4) is 0 Å². The number of halogens is 2. The number of benzene rings is 1. The fourth-order valence-corrected chi connectivity index (χ4v) is 1.87. The highest BCUT2D eigenvalue weighted by molar-refractivity contribution is 6.17. The van der Waals surface area contributed by atoms with E-state index in [1.165, 1.54) is 6.07 Å². The lowest BCUT2D eigenvalue weighted by molar-refractivity contribution is -0.121. The molecular weight excluding hydrogens is 241 g/mol. The monoisotopic (exact) mass is 257 g/mol. The highest BCUT2D eigenvalue weighted by Gasteiger charge is 2.11. The highest BCUT2D eigenvalue weighted by atomic mass is 35.5. The van der Waals surface area contributed by atoms with E-state index in [0.29, 0.717) is 11.4 Å². The topological polar surface area (TPSA) is 29.1 Å². The minimum Gasteiger partial charge on any atom is -0.353 e. The zero-order valence-corrected chi connectivity index (χ0v) is 10.6. The fourth-order valence-electron chi connectivity index (χ4n) is 1.60. The summed E-state index contributed by atoms with van der Waals surface area (Å²) in [4.78, 5) is 11.7. The molecule has 1 atom stereocenters. The number of carbonyl (C=O) groups is 1. The number of nitrogens with one attached hydrogen (secondary N) is 1. The summed E-state index contributed by atoms with van der Waals surface area (Å²) in [6.45, 7) is 1.99. The van der Waals surface area contributed by atoms with Crippen LogP contribution in [0.5, 0.6) is 0 Å². The van der Waals surface area contributed by atoms with Crippen LogP contribution in [0.15, 0.2) is 24.3 Å². The second-order valence-electron chi connectivity index (χ2n) is 3.92. The molecule has 1 aromatic rings. The molecule has 1 amide bonds. The van der Waals surface area contributed by atoms with E-state index in [0.717, 1.165) is 12.8 Å². The molecule has 0 aromatic heterocycles. The predicted molar refractivity (Wildman–Crippen MR) is 67.7 cm³/mol. The number of rotatable bonds is 6. The number of carbonyl (C=O) groups excluding carboxylic acids is 1. The van der Waals surface area contributed by atoms with E-state index in [4.69, 9.17) is 11.6 Å².